The number of anilines is 2. The first-order valence-corrected chi connectivity index (χ1v) is 8.44. The number of esters is 1. The number of carbonyl (C=O) groups is 2. The molecule has 122 valence electrons. The summed E-state index contributed by atoms with van der Waals surface area (Å²) in [5.74, 6) is -1.08. The van der Waals surface area contributed by atoms with Crippen LogP contribution in [-0.2, 0) is 19.6 Å². The molecule has 0 radical (unpaired) electrons. The maximum absolute atomic E-state index is 12.3. The lowest BCUT2D eigenvalue weighted by Gasteiger charge is -2.09. The number of methoxy groups -OCH3 is 1. The van der Waals surface area contributed by atoms with Gasteiger partial charge in [0.2, 0.25) is 11.0 Å². The minimum Gasteiger partial charge on any atom is -0.465 e. The number of benzene rings is 1. The van der Waals surface area contributed by atoms with Gasteiger partial charge in [-0.1, -0.05) is 23.5 Å². The van der Waals surface area contributed by atoms with Crippen molar-refractivity contribution in [3.05, 3.63) is 29.8 Å². The molecule has 0 aliphatic heterocycles. The van der Waals surface area contributed by atoms with Gasteiger partial charge < -0.3 is 10.1 Å². The van der Waals surface area contributed by atoms with E-state index in [-0.39, 0.29) is 20.7 Å². The van der Waals surface area contributed by atoms with E-state index in [1.807, 2.05) is 0 Å². The molecule has 11 heteroatoms. The van der Waals surface area contributed by atoms with E-state index in [2.05, 4.69) is 25.0 Å². The predicted molar refractivity (Wildman–Crippen MR) is 82.8 cm³/mol. The Bertz CT molecular complexity index is 847. The van der Waals surface area contributed by atoms with Gasteiger partial charge in [0.25, 0.3) is 14.4 Å². The summed E-state index contributed by atoms with van der Waals surface area (Å²) in [6.45, 7) is 1.26. The topological polar surface area (TPSA) is 127 Å². The standard InChI is InChI=1S/C12H12N4O5S2/c1-7(17)13-11-14-15-12(22-11)23(19,20)16-9-6-4-3-5-8(9)10(18)21-2/h3-6,16H,1-2H3,(H,13,14,17). The number of sulfonamides is 1. The first kappa shape index (κ1) is 16.8. The number of ether oxygens (including phenoxy) is 1. The van der Waals surface area contributed by atoms with Crippen LogP contribution in [0.4, 0.5) is 10.8 Å². The van der Waals surface area contributed by atoms with Gasteiger partial charge in [0, 0.05) is 6.92 Å². The summed E-state index contributed by atoms with van der Waals surface area (Å²) in [4.78, 5) is 22.6. The molecule has 1 aromatic heterocycles. The highest BCUT2D eigenvalue weighted by Crippen LogP contribution is 2.24. The number of rotatable bonds is 5. The molecule has 0 aliphatic carbocycles. The lowest BCUT2D eigenvalue weighted by molar-refractivity contribution is -0.114. The Morgan fingerprint density at radius 3 is 2.57 bits per heavy atom. The third-order valence-electron chi connectivity index (χ3n) is 2.50. The zero-order chi connectivity index (χ0) is 17.0. The fraction of sp³-hybridized carbons (Fsp3) is 0.167. The van der Waals surface area contributed by atoms with Gasteiger partial charge in [0.05, 0.1) is 18.4 Å². The van der Waals surface area contributed by atoms with Crippen molar-refractivity contribution in [1.82, 2.24) is 10.2 Å². The minimum absolute atomic E-state index is 0.0515. The van der Waals surface area contributed by atoms with Crippen molar-refractivity contribution < 1.29 is 22.7 Å². The SMILES string of the molecule is COC(=O)c1ccccc1NS(=O)(=O)c1nnc(NC(C)=O)s1. The fourth-order valence-electron chi connectivity index (χ4n) is 1.57. The van der Waals surface area contributed by atoms with Crippen LogP contribution in [-0.4, -0.2) is 37.6 Å². The number of para-hydroxylation sites is 1. The van der Waals surface area contributed by atoms with Crippen LogP contribution >= 0.6 is 11.3 Å². The molecule has 1 amide bonds. The molecule has 2 N–H and O–H groups in total. The van der Waals surface area contributed by atoms with Crippen molar-refractivity contribution in [1.29, 1.82) is 0 Å². The first-order chi connectivity index (χ1) is 10.8. The lowest BCUT2D eigenvalue weighted by Crippen LogP contribution is -2.16. The molecule has 0 atom stereocenters. The molecule has 0 saturated carbocycles. The Morgan fingerprint density at radius 2 is 1.91 bits per heavy atom. The highest BCUT2D eigenvalue weighted by molar-refractivity contribution is 7.94. The molecule has 1 aromatic carbocycles. The maximum Gasteiger partial charge on any atom is 0.339 e. The Labute approximate surface area is 135 Å². The van der Waals surface area contributed by atoms with Crippen LogP contribution in [0.1, 0.15) is 17.3 Å². The number of nitrogens with one attached hydrogen (secondary N) is 2. The molecular weight excluding hydrogens is 344 g/mol. The smallest absolute Gasteiger partial charge is 0.339 e. The van der Waals surface area contributed by atoms with Crippen LogP contribution in [0.3, 0.4) is 0 Å². The number of nitrogens with zero attached hydrogens (tertiary/aromatic N) is 2. The Hall–Kier alpha value is -2.53. The molecule has 2 rings (SSSR count). The molecular formula is C12H12N4O5S2. The molecule has 1 heterocycles. The third kappa shape index (κ3) is 4.02. The summed E-state index contributed by atoms with van der Waals surface area (Å²) in [6.07, 6.45) is 0. The second-order valence-electron chi connectivity index (χ2n) is 4.20. The molecule has 0 saturated heterocycles. The Kier molecular flexibility index (Phi) is 4.91. The van der Waals surface area contributed by atoms with Gasteiger partial charge in [0.15, 0.2) is 0 Å². The molecule has 9 nitrogen and oxygen atoms in total. The van der Waals surface area contributed by atoms with Gasteiger partial charge >= 0.3 is 5.97 Å². The highest BCUT2D eigenvalue weighted by Gasteiger charge is 2.23. The number of amides is 1. The van der Waals surface area contributed by atoms with Crippen LogP contribution < -0.4 is 10.0 Å². The van der Waals surface area contributed by atoms with E-state index in [0.717, 1.165) is 0 Å². The van der Waals surface area contributed by atoms with Crippen molar-refractivity contribution in [3.63, 3.8) is 0 Å². The third-order valence-corrected chi connectivity index (χ3v) is 5.07. The van der Waals surface area contributed by atoms with Crippen LogP contribution in [0, 0.1) is 0 Å². The fourth-order valence-corrected chi connectivity index (χ4v) is 3.60. The van der Waals surface area contributed by atoms with Crippen LogP contribution in [0.5, 0.6) is 0 Å². The van der Waals surface area contributed by atoms with Gasteiger partial charge in [0.1, 0.15) is 0 Å². The summed E-state index contributed by atoms with van der Waals surface area (Å²) >= 11 is 0.687. The summed E-state index contributed by atoms with van der Waals surface area (Å²) in [5.41, 5.74) is 0.112. The average molecular weight is 356 g/mol. The maximum atomic E-state index is 12.3. The molecule has 0 fully saturated rings. The normalized spacial score (nSPS) is 10.9. The van der Waals surface area contributed by atoms with Crippen LogP contribution in [0.15, 0.2) is 28.6 Å². The Balaban J connectivity index is 2.30. The zero-order valence-electron chi connectivity index (χ0n) is 12.1. The van der Waals surface area contributed by atoms with Crippen molar-refractivity contribution in [2.24, 2.45) is 0 Å². The predicted octanol–water partition coefficient (Wildman–Crippen LogP) is 1.08. The number of aromatic nitrogens is 2. The number of carbonyl (C=O) groups excluding carboxylic acids is 2. The molecule has 2 aromatic rings. The molecule has 0 unspecified atom stereocenters. The van der Waals surface area contributed by atoms with E-state index >= 15 is 0 Å². The van der Waals surface area contributed by atoms with Crippen LogP contribution in [0.25, 0.3) is 0 Å². The van der Waals surface area contributed by atoms with Crippen molar-refractivity contribution in [2.75, 3.05) is 17.1 Å². The number of hydrogen-bond acceptors (Lipinski definition) is 8. The molecule has 0 spiro atoms. The lowest BCUT2D eigenvalue weighted by atomic mass is 10.2. The van der Waals surface area contributed by atoms with E-state index in [1.54, 1.807) is 12.1 Å². The van der Waals surface area contributed by atoms with Gasteiger partial charge in [-0.2, -0.15) is 8.42 Å². The second-order valence-corrected chi connectivity index (χ2v) is 7.03. The second kappa shape index (κ2) is 6.71. The van der Waals surface area contributed by atoms with Crippen LogP contribution in [0.2, 0.25) is 0 Å². The Morgan fingerprint density at radius 1 is 1.22 bits per heavy atom. The van der Waals surface area contributed by atoms with E-state index in [0.29, 0.717) is 11.3 Å². The molecule has 23 heavy (non-hydrogen) atoms. The van der Waals surface area contributed by atoms with Gasteiger partial charge in [-0.3, -0.25) is 9.52 Å². The summed E-state index contributed by atoms with van der Waals surface area (Å²) in [5, 5.41) is 9.48. The van der Waals surface area contributed by atoms with Gasteiger partial charge in [-0.15, -0.1) is 10.2 Å². The summed E-state index contributed by atoms with van der Waals surface area (Å²) in [6, 6.07) is 5.98. The van der Waals surface area contributed by atoms with Gasteiger partial charge in [-0.25, -0.2) is 4.79 Å². The molecule has 0 aliphatic rings. The molecule has 0 bridgehead atoms. The van der Waals surface area contributed by atoms with Gasteiger partial charge in [-0.05, 0) is 12.1 Å². The van der Waals surface area contributed by atoms with E-state index in [4.69, 9.17) is 0 Å². The minimum atomic E-state index is -4.06. The van der Waals surface area contributed by atoms with E-state index < -0.39 is 21.9 Å². The van der Waals surface area contributed by atoms with Crippen molar-refractivity contribution in [2.45, 2.75) is 11.3 Å². The average Bonchev–Trinajstić information content (AvgIpc) is 2.95. The number of hydrogen-bond donors (Lipinski definition) is 2. The van der Waals surface area contributed by atoms with E-state index in [9.17, 15) is 18.0 Å². The quantitative estimate of drug-likeness (QED) is 0.606. The van der Waals surface area contributed by atoms with E-state index in [1.165, 1.54) is 26.2 Å². The monoisotopic (exact) mass is 356 g/mol. The van der Waals surface area contributed by atoms with Crippen molar-refractivity contribution >= 4 is 44.1 Å². The zero-order valence-corrected chi connectivity index (χ0v) is 13.7. The largest absolute Gasteiger partial charge is 0.465 e. The van der Waals surface area contributed by atoms with Crippen molar-refractivity contribution in [3.8, 4) is 0 Å². The summed E-state index contributed by atoms with van der Waals surface area (Å²) < 4.78 is 31.1. The first-order valence-electron chi connectivity index (χ1n) is 6.15. The summed E-state index contributed by atoms with van der Waals surface area (Å²) in [7, 11) is -2.86. The highest BCUT2D eigenvalue weighted by atomic mass is 32.2.